The summed E-state index contributed by atoms with van der Waals surface area (Å²) in [6.07, 6.45) is -5.12. The van der Waals surface area contributed by atoms with E-state index in [1.54, 1.807) is 13.0 Å². The Morgan fingerprint density at radius 2 is 1.89 bits per heavy atom. The lowest BCUT2D eigenvalue weighted by atomic mass is 10.1. The van der Waals surface area contributed by atoms with E-state index in [0.717, 1.165) is 0 Å². The monoisotopic (exact) mass is 272 g/mol. The molecule has 0 amide bonds. The van der Waals surface area contributed by atoms with Crippen LogP contribution in [0.5, 0.6) is 0 Å². The molecule has 2 nitrogen and oxygen atoms in total. The summed E-state index contributed by atoms with van der Waals surface area (Å²) in [6.45, 7) is 1.64. The molecule has 0 saturated heterocycles. The molecule has 0 saturated carbocycles. The molecule has 102 valence electrons. The van der Waals surface area contributed by atoms with Crippen molar-refractivity contribution in [2.75, 3.05) is 0 Å². The molecular formula is C13H12F4N2. The maximum absolute atomic E-state index is 13.7. The minimum atomic E-state index is -4.20. The molecule has 0 N–H and O–H groups in total. The van der Waals surface area contributed by atoms with Gasteiger partial charge in [-0.15, -0.1) is 0 Å². The van der Waals surface area contributed by atoms with E-state index in [4.69, 9.17) is 0 Å². The summed E-state index contributed by atoms with van der Waals surface area (Å²) in [5.74, 6) is -0.0698. The number of fused-ring (bicyclic) bond motifs is 1. The van der Waals surface area contributed by atoms with Gasteiger partial charge in [-0.25, -0.2) is 14.4 Å². The van der Waals surface area contributed by atoms with Crippen molar-refractivity contribution in [2.24, 2.45) is 0 Å². The molecule has 2 aromatic rings. The van der Waals surface area contributed by atoms with Gasteiger partial charge in [-0.3, -0.25) is 0 Å². The van der Waals surface area contributed by atoms with Gasteiger partial charge in [0.2, 0.25) is 0 Å². The third-order valence-electron chi connectivity index (χ3n) is 2.73. The van der Waals surface area contributed by atoms with Crippen molar-refractivity contribution >= 4 is 10.9 Å². The Labute approximate surface area is 107 Å². The number of benzene rings is 1. The third kappa shape index (κ3) is 3.39. The molecule has 0 unspecified atom stereocenters. The van der Waals surface area contributed by atoms with Crippen LogP contribution in [-0.4, -0.2) is 16.1 Å². The SMILES string of the molecule is Cc1nc(CCCC(F)(F)F)c2c(F)cccc2n1. The number of aryl methyl sites for hydroxylation is 2. The Hall–Kier alpha value is -1.72. The molecule has 0 atom stereocenters. The molecule has 2 rings (SSSR count). The second-order valence-corrected chi connectivity index (χ2v) is 4.32. The molecule has 0 radical (unpaired) electrons. The van der Waals surface area contributed by atoms with Gasteiger partial charge >= 0.3 is 6.18 Å². The van der Waals surface area contributed by atoms with Crippen molar-refractivity contribution in [3.8, 4) is 0 Å². The molecule has 1 heterocycles. The average Bonchev–Trinajstić information content (AvgIpc) is 2.26. The zero-order chi connectivity index (χ0) is 14.0. The van der Waals surface area contributed by atoms with Crippen LogP contribution in [0.3, 0.4) is 0 Å². The predicted molar refractivity (Wildman–Crippen MR) is 63.2 cm³/mol. The summed E-state index contributed by atoms with van der Waals surface area (Å²) in [5, 5.41) is 0.218. The lowest BCUT2D eigenvalue weighted by Crippen LogP contribution is -2.08. The smallest absolute Gasteiger partial charge is 0.237 e. The van der Waals surface area contributed by atoms with E-state index < -0.39 is 18.4 Å². The Bertz CT molecular complexity index is 593. The number of alkyl halides is 3. The van der Waals surface area contributed by atoms with Crippen LogP contribution in [-0.2, 0) is 6.42 Å². The first-order valence-electron chi connectivity index (χ1n) is 5.85. The van der Waals surface area contributed by atoms with E-state index >= 15 is 0 Å². The van der Waals surface area contributed by atoms with Gasteiger partial charge in [0.05, 0.1) is 16.6 Å². The highest BCUT2D eigenvalue weighted by Gasteiger charge is 2.26. The molecule has 0 aliphatic heterocycles. The fraction of sp³-hybridized carbons (Fsp3) is 0.385. The number of halogens is 4. The summed E-state index contributed by atoms with van der Waals surface area (Å²) >= 11 is 0. The van der Waals surface area contributed by atoms with Crippen LogP contribution in [0.2, 0.25) is 0 Å². The Kier molecular flexibility index (Phi) is 3.68. The van der Waals surface area contributed by atoms with Crippen molar-refractivity contribution in [1.82, 2.24) is 9.97 Å². The van der Waals surface area contributed by atoms with Gasteiger partial charge in [-0.2, -0.15) is 13.2 Å². The minimum absolute atomic E-state index is 0.0836. The first kappa shape index (κ1) is 13.7. The standard InChI is InChI=1S/C13H12F4N2/c1-8-18-10-5-2-4-9(14)12(10)11(19-8)6-3-7-13(15,16)17/h2,4-5H,3,6-7H2,1H3. The van der Waals surface area contributed by atoms with Crippen molar-refractivity contribution < 1.29 is 17.6 Å². The molecule has 0 aliphatic rings. The zero-order valence-electron chi connectivity index (χ0n) is 10.3. The van der Waals surface area contributed by atoms with Crippen molar-refractivity contribution in [2.45, 2.75) is 32.4 Å². The second-order valence-electron chi connectivity index (χ2n) is 4.32. The number of rotatable bonds is 3. The van der Waals surface area contributed by atoms with Crippen molar-refractivity contribution in [1.29, 1.82) is 0 Å². The maximum Gasteiger partial charge on any atom is 0.389 e. The number of hydrogen-bond donors (Lipinski definition) is 0. The quantitative estimate of drug-likeness (QED) is 0.790. The molecule has 1 aromatic heterocycles. The second kappa shape index (κ2) is 5.11. The topological polar surface area (TPSA) is 25.8 Å². The average molecular weight is 272 g/mol. The van der Waals surface area contributed by atoms with Gasteiger partial charge < -0.3 is 0 Å². The van der Waals surface area contributed by atoms with Gasteiger partial charge in [0.25, 0.3) is 0 Å². The molecule has 1 aromatic carbocycles. The molecule has 0 spiro atoms. The van der Waals surface area contributed by atoms with Crippen molar-refractivity contribution in [3.63, 3.8) is 0 Å². The van der Waals surface area contributed by atoms with Gasteiger partial charge in [0, 0.05) is 6.42 Å². The van der Waals surface area contributed by atoms with Crippen LogP contribution >= 0.6 is 0 Å². The Balaban J connectivity index is 2.31. The Morgan fingerprint density at radius 3 is 2.58 bits per heavy atom. The molecule has 6 heteroatoms. The highest BCUT2D eigenvalue weighted by molar-refractivity contribution is 5.81. The van der Waals surface area contributed by atoms with Crippen molar-refractivity contribution in [3.05, 3.63) is 35.5 Å². The van der Waals surface area contributed by atoms with Gasteiger partial charge in [-0.1, -0.05) is 6.07 Å². The lowest BCUT2D eigenvalue weighted by molar-refractivity contribution is -0.135. The fourth-order valence-electron chi connectivity index (χ4n) is 1.98. The molecule has 0 aliphatic carbocycles. The summed E-state index contributed by atoms with van der Waals surface area (Å²) in [7, 11) is 0. The molecule has 0 fully saturated rings. The van der Waals surface area contributed by atoms with Crippen LogP contribution < -0.4 is 0 Å². The maximum atomic E-state index is 13.7. The van der Waals surface area contributed by atoms with Gasteiger partial charge in [-0.05, 0) is 31.9 Å². The summed E-state index contributed by atoms with van der Waals surface area (Å²) in [6, 6.07) is 4.40. The summed E-state index contributed by atoms with van der Waals surface area (Å²) < 4.78 is 50.1. The molecular weight excluding hydrogens is 260 g/mol. The van der Waals surface area contributed by atoms with Crippen LogP contribution in [0.1, 0.15) is 24.4 Å². The normalized spacial score (nSPS) is 12.1. The van der Waals surface area contributed by atoms with E-state index in [-0.39, 0.29) is 18.2 Å². The highest BCUT2D eigenvalue weighted by atomic mass is 19.4. The first-order valence-corrected chi connectivity index (χ1v) is 5.85. The number of aromatic nitrogens is 2. The van der Waals surface area contributed by atoms with Crippen LogP contribution in [0.25, 0.3) is 10.9 Å². The number of hydrogen-bond acceptors (Lipinski definition) is 2. The number of nitrogens with zero attached hydrogens (tertiary/aromatic N) is 2. The van der Waals surface area contributed by atoms with Crippen LogP contribution in [0.4, 0.5) is 17.6 Å². The van der Waals surface area contributed by atoms with E-state index in [9.17, 15) is 17.6 Å². The summed E-state index contributed by atoms with van der Waals surface area (Å²) in [4.78, 5) is 8.14. The predicted octanol–water partition coefficient (Wildman–Crippen LogP) is 3.96. The third-order valence-corrected chi connectivity index (χ3v) is 2.73. The zero-order valence-corrected chi connectivity index (χ0v) is 10.3. The molecule has 19 heavy (non-hydrogen) atoms. The lowest BCUT2D eigenvalue weighted by Gasteiger charge is -2.09. The van der Waals surface area contributed by atoms with E-state index in [1.165, 1.54) is 12.1 Å². The van der Waals surface area contributed by atoms with Crippen LogP contribution in [0.15, 0.2) is 18.2 Å². The first-order chi connectivity index (χ1) is 8.87. The van der Waals surface area contributed by atoms with Gasteiger partial charge in [0.1, 0.15) is 11.6 Å². The molecule has 0 bridgehead atoms. The highest BCUT2D eigenvalue weighted by Crippen LogP contribution is 2.25. The van der Waals surface area contributed by atoms with E-state index in [2.05, 4.69) is 9.97 Å². The fourth-order valence-corrected chi connectivity index (χ4v) is 1.98. The Morgan fingerprint density at radius 1 is 1.16 bits per heavy atom. The van der Waals surface area contributed by atoms with E-state index in [0.29, 0.717) is 17.0 Å². The largest absolute Gasteiger partial charge is 0.389 e. The van der Waals surface area contributed by atoms with Gasteiger partial charge in [0.15, 0.2) is 0 Å². The summed E-state index contributed by atoms with van der Waals surface area (Å²) in [5.41, 5.74) is 0.763. The minimum Gasteiger partial charge on any atom is -0.237 e. The van der Waals surface area contributed by atoms with Crippen LogP contribution in [0, 0.1) is 12.7 Å². The van der Waals surface area contributed by atoms with E-state index in [1.807, 2.05) is 0 Å².